The fourth-order valence-electron chi connectivity index (χ4n) is 4.14. The Morgan fingerprint density at radius 1 is 0.778 bits per heavy atom. The zero-order chi connectivity index (χ0) is 12.6. The van der Waals surface area contributed by atoms with Crippen LogP contribution in [0.15, 0.2) is 0 Å². The van der Waals surface area contributed by atoms with Crippen molar-refractivity contribution in [1.29, 1.82) is 0 Å². The molecule has 0 aliphatic carbocycles. The molecule has 3 heteroatoms. The lowest BCUT2D eigenvalue weighted by Gasteiger charge is -2.40. The Balaban J connectivity index is 1.55. The topological polar surface area (TPSA) is 9.72 Å². The summed E-state index contributed by atoms with van der Waals surface area (Å²) in [5.74, 6) is 0. The summed E-state index contributed by atoms with van der Waals surface area (Å²) >= 11 is 0. The second-order valence-corrected chi connectivity index (χ2v) is 7.06. The van der Waals surface area contributed by atoms with Crippen LogP contribution in [-0.2, 0) is 0 Å². The fourth-order valence-corrected chi connectivity index (χ4v) is 4.14. The molecule has 3 aliphatic heterocycles. The van der Waals surface area contributed by atoms with Gasteiger partial charge in [0, 0.05) is 12.6 Å². The van der Waals surface area contributed by atoms with Gasteiger partial charge in [0.25, 0.3) is 0 Å². The molecule has 18 heavy (non-hydrogen) atoms. The van der Waals surface area contributed by atoms with Gasteiger partial charge in [-0.25, -0.2) is 0 Å². The Morgan fingerprint density at radius 3 is 2.00 bits per heavy atom. The van der Waals surface area contributed by atoms with Gasteiger partial charge in [0.2, 0.25) is 0 Å². The molecule has 104 valence electrons. The van der Waals surface area contributed by atoms with Crippen molar-refractivity contribution in [2.45, 2.75) is 38.1 Å². The van der Waals surface area contributed by atoms with Gasteiger partial charge in [-0.15, -0.1) is 0 Å². The summed E-state index contributed by atoms with van der Waals surface area (Å²) in [5, 5.41) is 0. The summed E-state index contributed by atoms with van der Waals surface area (Å²) in [5.41, 5.74) is 0.690. The van der Waals surface area contributed by atoms with E-state index in [9.17, 15) is 0 Å². The third-order valence-corrected chi connectivity index (χ3v) is 5.72. The third kappa shape index (κ3) is 2.59. The molecule has 0 aromatic heterocycles. The molecule has 3 rings (SSSR count). The van der Waals surface area contributed by atoms with Crippen LogP contribution in [0.2, 0.25) is 0 Å². The van der Waals surface area contributed by atoms with Gasteiger partial charge in [-0.3, -0.25) is 4.90 Å². The zero-order valence-electron chi connectivity index (χ0n) is 12.2. The van der Waals surface area contributed by atoms with Crippen LogP contribution in [0.4, 0.5) is 0 Å². The van der Waals surface area contributed by atoms with Crippen molar-refractivity contribution in [2.75, 3.05) is 53.4 Å². The van der Waals surface area contributed by atoms with E-state index < -0.39 is 0 Å². The molecule has 3 saturated heterocycles. The minimum Gasteiger partial charge on any atom is -0.306 e. The molecule has 0 amide bonds. The molecule has 3 nitrogen and oxygen atoms in total. The van der Waals surface area contributed by atoms with Crippen molar-refractivity contribution in [3.63, 3.8) is 0 Å². The average Bonchev–Trinajstić information content (AvgIpc) is 2.79. The second kappa shape index (κ2) is 5.10. The van der Waals surface area contributed by atoms with Crippen LogP contribution in [0.25, 0.3) is 0 Å². The van der Waals surface area contributed by atoms with Crippen LogP contribution in [0.3, 0.4) is 0 Å². The van der Waals surface area contributed by atoms with Crippen LogP contribution >= 0.6 is 0 Å². The van der Waals surface area contributed by atoms with E-state index in [2.05, 4.69) is 28.8 Å². The van der Waals surface area contributed by atoms with Gasteiger partial charge in [0.15, 0.2) is 0 Å². The van der Waals surface area contributed by atoms with E-state index in [0.29, 0.717) is 5.41 Å². The monoisotopic (exact) mass is 251 g/mol. The van der Waals surface area contributed by atoms with Crippen LogP contribution in [0.5, 0.6) is 0 Å². The molecule has 0 atom stereocenters. The van der Waals surface area contributed by atoms with E-state index >= 15 is 0 Å². The first kappa shape index (κ1) is 12.9. The van der Waals surface area contributed by atoms with Gasteiger partial charge in [-0.2, -0.15) is 0 Å². The first-order chi connectivity index (χ1) is 8.67. The average molecular weight is 251 g/mol. The number of hydrogen-bond acceptors (Lipinski definition) is 3. The van der Waals surface area contributed by atoms with E-state index in [1.165, 1.54) is 71.4 Å². The molecular weight excluding hydrogens is 222 g/mol. The molecule has 0 N–H and O–H groups in total. The molecule has 0 aromatic rings. The van der Waals surface area contributed by atoms with Gasteiger partial charge in [0.05, 0.1) is 0 Å². The zero-order valence-corrected chi connectivity index (χ0v) is 12.2. The molecule has 0 aromatic carbocycles. The molecule has 3 fully saturated rings. The van der Waals surface area contributed by atoms with E-state index in [1.54, 1.807) is 0 Å². The van der Waals surface area contributed by atoms with Crippen molar-refractivity contribution in [3.05, 3.63) is 0 Å². The van der Waals surface area contributed by atoms with E-state index in [4.69, 9.17) is 0 Å². The van der Waals surface area contributed by atoms with Gasteiger partial charge >= 0.3 is 0 Å². The predicted octanol–water partition coefficient (Wildman–Crippen LogP) is 1.50. The van der Waals surface area contributed by atoms with Crippen molar-refractivity contribution in [3.8, 4) is 0 Å². The van der Waals surface area contributed by atoms with Crippen molar-refractivity contribution in [2.24, 2.45) is 5.41 Å². The Hall–Kier alpha value is -0.120. The largest absolute Gasteiger partial charge is 0.306 e. The van der Waals surface area contributed by atoms with Crippen molar-refractivity contribution < 1.29 is 0 Å². The Bertz CT molecular complexity index is 275. The normalized spacial score (nSPS) is 32.3. The minimum atomic E-state index is 0.690. The van der Waals surface area contributed by atoms with Crippen LogP contribution in [-0.4, -0.2) is 74.1 Å². The molecular formula is C15H29N3. The number of piperidine rings is 2. The smallest absolute Gasteiger partial charge is 0.0120 e. The first-order valence-electron chi connectivity index (χ1n) is 7.78. The highest BCUT2D eigenvalue weighted by Crippen LogP contribution is 2.41. The van der Waals surface area contributed by atoms with E-state index in [0.717, 1.165) is 6.04 Å². The summed E-state index contributed by atoms with van der Waals surface area (Å²) in [6, 6.07) is 0.889. The van der Waals surface area contributed by atoms with Crippen molar-refractivity contribution in [1.82, 2.24) is 14.7 Å². The summed E-state index contributed by atoms with van der Waals surface area (Å²) in [6.07, 6.45) is 7.13. The SMILES string of the molecule is CN1CCC(N2CCC3(CCN(C)CC3)C2)CC1. The lowest BCUT2D eigenvalue weighted by atomic mass is 9.78. The van der Waals surface area contributed by atoms with Crippen LogP contribution in [0.1, 0.15) is 32.1 Å². The maximum atomic E-state index is 2.83. The first-order valence-corrected chi connectivity index (χ1v) is 7.78. The summed E-state index contributed by atoms with van der Waals surface area (Å²) in [6.45, 7) is 8.02. The number of rotatable bonds is 1. The fraction of sp³-hybridized carbons (Fsp3) is 1.00. The molecule has 1 spiro atoms. The standard InChI is InChI=1S/C15H29N3/c1-16-8-3-14(4-9-16)18-12-7-15(13-18)5-10-17(2)11-6-15/h14H,3-13H2,1-2H3. The van der Waals surface area contributed by atoms with Gasteiger partial charge in [0.1, 0.15) is 0 Å². The van der Waals surface area contributed by atoms with Gasteiger partial charge < -0.3 is 9.80 Å². The Morgan fingerprint density at radius 2 is 1.33 bits per heavy atom. The lowest BCUT2D eigenvalue weighted by molar-refractivity contribution is 0.0968. The third-order valence-electron chi connectivity index (χ3n) is 5.72. The number of hydrogen-bond donors (Lipinski definition) is 0. The molecule has 0 unspecified atom stereocenters. The highest BCUT2D eigenvalue weighted by Gasteiger charge is 2.41. The number of nitrogens with zero attached hydrogens (tertiary/aromatic N) is 3. The minimum absolute atomic E-state index is 0.690. The van der Waals surface area contributed by atoms with Gasteiger partial charge in [-0.1, -0.05) is 0 Å². The Kier molecular flexibility index (Phi) is 3.65. The summed E-state index contributed by atoms with van der Waals surface area (Å²) in [4.78, 5) is 7.82. The van der Waals surface area contributed by atoms with E-state index in [1.807, 2.05) is 0 Å². The highest BCUT2D eigenvalue weighted by atomic mass is 15.2. The molecule has 0 radical (unpaired) electrons. The Labute approximate surface area is 112 Å². The maximum absolute atomic E-state index is 2.83. The summed E-state index contributed by atoms with van der Waals surface area (Å²) in [7, 11) is 4.54. The summed E-state index contributed by atoms with van der Waals surface area (Å²) < 4.78 is 0. The van der Waals surface area contributed by atoms with Crippen LogP contribution in [0, 0.1) is 5.41 Å². The highest BCUT2D eigenvalue weighted by molar-refractivity contribution is 4.96. The molecule has 3 aliphatic rings. The predicted molar refractivity (Wildman–Crippen MR) is 75.9 cm³/mol. The van der Waals surface area contributed by atoms with Crippen molar-refractivity contribution >= 4 is 0 Å². The maximum Gasteiger partial charge on any atom is 0.0120 e. The lowest BCUT2D eigenvalue weighted by Crippen LogP contribution is -2.45. The second-order valence-electron chi connectivity index (χ2n) is 7.06. The van der Waals surface area contributed by atoms with E-state index in [-0.39, 0.29) is 0 Å². The molecule has 0 bridgehead atoms. The number of likely N-dealkylation sites (tertiary alicyclic amines) is 3. The van der Waals surface area contributed by atoms with Crippen LogP contribution < -0.4 is 0 Å². The quantitative estimate of drug-likeness (QED) is 0.699. The van der Waals surface area contributed by atoms with Gasteiger partial charge in [-0.05, 0) is 84.3 Å². The molecule has 3 heterocycles. The molecule has 0 saturated carbocycles.